The highest BCUT2D eigenvalue weighted by molar-refractivity contribution is 5.89. The second-order valence-electron chi connectivity index (χ2n) is 4.62. The topological polar surface area (TPSA) is 116 Å². The van der Waals surface area contributed by atoms with Crippen molar-refractivity contribution < 1.29 is 23.9 Å². The Hall–Kier alpha value is -1.92. The second kappa shape index (κ2) is 6.86. The van der Waals surface area contributed by atoms with Crippen LogP contribution in [-0.2, 0) is 23.9 Å². The van der Waals surface area contributed by atoms with E-state index in [9.17, 15) is 19.2 Å². The van der Waals surface area contributed by atoms with Gasteiger partial charge in [0.05, 0.1) is 0 Å². The lowest BCUT2D eigenvalue weighted by Gasteiger charge is -2.27. The third-order valence-corrected chi connectivity index (χ3v) is 3.02. The maximum atomic E-state index is 11.5. The minimum absolute atomic E-state index is 0.0664. The lowest BCUT2D eigenvalue weighted by atomic mass is 9.83. The van der Waals surface area contributed by atoms with Gasteiger partial charge in [-0.1, -0.05) is 0 Å². The molecule has 19 heavy (non-hydrogen) atoms. The van der Waals surface area contributed by atoms with Gasteiger partial charge in [0.1, 0.15) is 11.8 Å². The van der Waals surface area contributed by atoms with E-state index in [0.29, 0.717) is 19.3 Å². The first-order chi connectivity index (χ1) is 8.90. The minimum Gasteiger partial charge on any atom is -0.456 e. The Morgan fingerprint density at radius 2 is 2.16 bits per heavy atom. The summed E-state index contributed by atoms with van der Waals surface area (Å²) in [6, 6.07) is -0.896. The van der Waals surface area contributed by atoms with Crippen LogP contribution >= 0.6 is 0 Å². The lowest BCUT2D eigenvalue weighted by Crippen LogP contribution is -2.51. The van der Waals surface area contributed by atoms with Gasteiger partial charge in [-0.3, -0.25) is 19.2 Å². The van der Waals surface area contributed by atoms with Crippen molar-refractivity contribution in [1.82, 2.24) is 5.32 Å². The van der Waals surface area contributed by atoms with E-state index >= 15 is 0 Å². The summed E-state index contributed by atoms with van der Waals surface area (Å²) in [4.78, 5) is 44.8. The number of ether oxygens (including phenoxy) is 1. The highest BCUT2D eigenvalue weighted by Gasteiger charge is 2.32. The van der Waals surface area contributed by atoms with E-state index in [0.717, 1.165) is 0 Å². The van der Waals surface area contributed by atoms with Gasteiger partial charge in [0.2, 0.25) is 5.91 Å². The van der Waals surface area contributed by atoms with Gasteiger partial charge in [-0.05, 0) is 18.8 Å². The lowest BCUT2D eigenvalue weighted by molar-refractivity contribution is -0.147. The molecule has 0 aliphatic heterocycles. The summed E-state index contributed by atoms with van der Waals surface area (Å²) in [5.41, 5.74) is 5.24. The van der Waals surface area contributed by atoms with Crippen molar-refractivity contribution in [2.24, 2.45) is 11.7 Å². The molecule has 7 nitrogen and oxygen atoms in total. The highest BCUT2D eigenvalue weighted by atomic mass is 16.5. The number of carbonyl (C=O) groups is 4. The van der Waals surface area contributed by atoms with Crippen LogP contribution in [0, 0.1) is 5.92 Å². The number of nitrogens with two attached hydrogens (primary N) is 1. The number of ketones is 1. The van der Waals surface area contributed by atoms with Crippen LogP contribution in [0.25, 0.3) is 0 Å². The van der Waals surface area contributed by atoms with E-state index in [-0.39, 0.29) is 18.1 Å². The molecule has 7 heteroatoms. The van der Waals surface area contributed by atoms with Crippen molar-refractivity contribution in [3.8, 4) is 0 Å². The van der Waals surface area contributed by atoms with E-state index in [1.807, 2.05) is 0 Å². The number of hydrogen-bond donors (Lipinski definition) is 2. The van der Waals surface area contributed by atoms with Crippen molar-refractivity contribution in [2.45, 2.75) is 38.6 Å². The Kier molecular flexibility index (Phi) is 5.47. The van der Waals surface area contributed by atoms with Crippen LogP contribution in [0.1, 0.15) is 32.6 Å². The number of esters is 1. The molecule has 0 aromatic rings. The standard InChI is InChI=1S/C12H18N2O5/c1-7(15)19-6-10(17)14-11(12(13)18)8-3-2-4-9(16)5-8/h8,11H,2-6H2,1H3,(H2,13,18)(H,14,17)/t8-,11-/m1/s1. The average molecular weight is 270 g/mol. The van der Waals surface area contributed by atoms with Gasteiger partial charge in [-0.25, -0.2) is 0 Å². The zero-order valence-corrected chi connectivity index (χ0v) is 10.8. The van der Waals surface area contributed by atoms with Crippen LogP contribution in [0.15, 0.2) is 0 Å². The summed E-state index contributed by atoms with van der Waals surface area (Å²) in [7, 11) is 0. The number of hydrogen-bond acceptors (Lipinski definition) is 5. The van der Waals surface area contributed by atoms with Gasteiger partial charge >= 0.3 is 5.97 Å². The molecular formula is C12H18N2O5. The van der Waals surface area contributed by atoms with Crippen molar-refractivity contribution >= 4 is 23.6 Å². The summed E-state index contributed by atoms with van der Waals surface area (Å²) in [6.45, 7) is 0.721. The van der Waals surface area contributed by atoms with E-state index in [1.165, 1.54) is 6.92 Å². The molecule has 1 aliphatic rings. The van der Waals surface area contributed by atoms with Gasteiger partial charge in [0.15, 0.2) is 6.61 Å². The predicted octanol–water partition coefficient (Wildman–Crippen LogP) is -0.721. The van der Waals surface area contributed by atoms with Crippen molar-refractivity contribution in [1.29, 1.82) is 0 Å². The van der Waals surface area contributed by atoms with Gasteiger partial charge in [-0.2, -0.15) is 0 Å². The zero-order chi connectivity index (χ0) is 14.4. The molecule has 1 fully saturated rings. The molecule has 1 rings (SSSR count). The normalized spacial score (nSPS) is 20.5. The summed E-state index contributed by atoms with van der Waals surface area (Å²) in [5, 5.41) is 2.42. The molecule has 0 bridgehead atoms. The van der Waals surface area contributed by atoms with Crippen LogP contribution in [0.5, 0.6) is 0 Å². The van der Waals surface area contributed by atoms with E-state index in [4.69, 9.17) is 5.73 Å². The molecule has 0 radical (unpaired) electrons. The molecule has 0 unspecified atom stereocenters. The van der Waals surface area contributed by atoms with Gasteiger partial charge < -0.3 is 15.8 Å². The zero-order valence-electron chi connectivity index (χ0n) is 10.8. The Balaban J connectivity index is 2.57. The quantitative estimate of drug-likeness (QED) is 0.639. The first-order valence-corrected chi connectivity index (χ1v) is 6.14. The fourth-order valence-corrected chi connectivity index (χ4v) is 2.15. The SMILES string of the molecule is CC(=O)OCC(=O)N[C@@H](C(N)=O)[C@@H]1CCCC(=O)C1. The number of primary amides is 1. The Labute approximate surface area is 110 Å². The molecule has 106 valence electrons. The number of Topliss-reactive ketones (excluding diaryl/α,β-unsaturated/α-hetero) is 1. The Morgan fingerprint density at radius 1 is 1.47 bits per heavy atom. The van der Waals surface area contributed by atoms with Crippen LogP contribution < -0.4 is 11.1 Å². The average Bonchev–Trinajstić information content (AvgIpc) is 2.33. The number of amides is 2. The molecule has 2 amide bonds. The number of rotatable bonds is 5. The molecule has 0 saturated heterocycles. The predicted molar refractivity (Wildman–Crippen MR) is 64.7 cm³/mol. The van der Waals surface area contributed by atoms with E-state index in [2.05, 4.69) is 10.1 Å². The monoisotopic (exact) mass is 270 g/mol. The largest absolute Gasteiger partial charge is 0.456 e. The maximum Gasteiger partial charge on any atom is 0.303 e. The van der Waals surface area contributed by atoms with Gasteiger partial charge in [0.25, 0.3) is 5.91 Å². The summed E-state index contributed by atoms with van der Waals surface area (Å²) in [5.74, 6) is -2.08. The first-order valence-electron chi connectivity index (χ1n) is 6.14. The van der Waals surface area contributed by atoms with Gasteiger partial charge in [0, 0.05) is 19.8 Å². The van der Waals surface area contributed by atoms with Gasteiger partial charge in [-0.15, -0.1) is 0 Å². The van der Waals surface area contributed by atoms with Crippen LogP contribution in [-0.4, -0.2) is 36.2 Å². The highest BCUT2D eigenvalue weighted by Crippen LogP contribution is 2.24. The number of carbonyl (C=O) groups excluding carboxylic acids is 4. The van der Waals surface area contributed by atoms with E-state index < -0.39 is 30.4 Å². The van der Waals surface area contributed by atoms with Crippen molar-refractivity contribution in [3.05, 3.63) is 0 Å². The minimum atomic E-state index is -0.896. The molecule has 3 N–H and O–H groups in total. The van der Waals surface area contributed by atoms with Crippen LogP contribution in [0.4, 0.5) is 0 Å². The number of nitrogens with one attached hydrogen (secondary N) is 1. The van der Waals surface area contributed by atoms with E-state index in [1.54, 1.807) is 0 Å². The van der Waals surface area contributed by atoms with Crippen molar-refractivity contribution in [3.63, 3.8) is 0 Å². The third kappa shape index (κ3) is 5.07. The molecule has 2 atom stereocenters. The summed E-state index contributed by atoms with van der Waals surface area (Å²) >= 11 is 0. The molecule has 0 aromatic carbocycles. The summed E-state index contributed by atoms with van der Waals surface area (Å²) in [6.07, 6.45) is 2.09. The molecule has 0 aromatic heterocycles. The van der Waals surface area contributed by atoms with Crippen molar-refractivity contribution in [2.75, 3.05) is 6.61 Å². The third-order valence-electron chi connectivity index (χ3n) is 3.02. The van der Waals surface area contributed by atoms with Crippen LogP contribution in [0.3, 0.4) is 0 Å². The smallest absolute Gasteiger partial charge is 0.303 e. The Morgan fingerprint density at radius 3 is 2.68 bits per heavy atom. The molecule has 1 aliphatic carbocycles. The molecule has 1 saturated carbocycles. The summed E-state index contributed by atoms with van der Waals surface area (Å²) < 4.78 is 4.52. The molecule has 0 heterocycles. The molecule has 0 spiro atoms. The second-order valence-corrected chi connectivity index (χ2v) is 4.62. The first kappa shape index (κ1) is 15.1. The fourth-order valence-electron chi connectivity index (χ4n) is 2.15. The van der Waals surface area contributed by atoms with Crippen LogP contribution in [0.2, 0.25) is 0 Å². The molecular weight excluding hydrogens is 252 g/mol. The fraction of sp³-hybridized carbons (Fsp3) is 0.667. The maximum absolute atomic E-state index is 11.5. The Bertz CT molecular complexity index is 394.